The number of rotatable bonds is 2. The zero-order valence-electron chi connectivity index (χ0n) is 21.4. The van der Waals surface area contributed by atoms with E-state index in [9.17, 15) is 4.79 Å². The summed E-state index contributed by atoms with van der Waals surface area (Å²) in [4.78, 5) is 27.7. The van der Waals surface area contributed by atoms with E-state index in [-0.39, 0.29) is 11.4 Å². The van der Waals surface area contributed by atoms with E-state index in [4.69, 9.17) is 14.7 Å². The standard InChI is InChI=1S/C32H29N3O2/c1-18-11-13-23-22(16-18)27-29-28(20-8-4-5-9-21(20)31(27)37-32(23,2)3)34-24-14-12-19(17-26(24)35-29)30(36)25-10-6-7-15-33-25/h4-10,12,14-15,17-18,22-23H,11,13,16H2,1-3H3. The molecule has 0 N–H and O–H groups in total. The first-order valence-electron chi connectivity index (χ1n) is 13.2. The van der Waals surface area contributed by atoms with Gasteiger partial charge in [-0.15, -0.1) is 0 Å². The number of fused-ring (bicyclic) bond motifs is 9. The van der Waals surface area contributed by atoms with Gasteiger partial charge in [-0.25, -0.2) is 9.97 Å². The quantitative estimate of drug-likeness (QED) is 0.149. The van der Waals surface area contributed by atoms with Gasteiger partial charge in [0.2, 0.25) is 5.78 Å². The third-order valence-electron chi connectivity index (χ3n) is 8.49. The number of ether oxygens (including phenoxy) is 1. The molecule has 5 nitrogen and oxygen atoms in total. The molecule has 5 aromatic rings. The van der Waals surface area contributed by atoms with Crippen molar-refractivity contribution in [3.8, 4) is 5.75 Å². The van der Waals surface area contributed by atoms with Crippen LogP contribution in [0.1, 0.15) is 67.6 Å². The van der Waals surface area contributed by atoms with Crippen LogP contribution in [0, 0.1) is 11.8 Å². The summed E-state index contributed by atoms with van der Waals surface area (Å²) in [5, 5.41) is 2.16. The van der Waals surface area contributed by atoms with Crippen LogP contribution in [0.2, 0.25) is 0 Å². The fraction of sp³-hybridized carbons (Fsp3) is 0.312. The molecule has 7 rings (SSSR count). The molecule has 5 heteroatoms. The molecule has 1 fully saturated rings. The van der Waals surface area contributed by atoms with Crippen LogP contribution in [0.4, 0.5) is 0 Å². The molecule has 184 valence electrons. The van der Waals surface area contributed by atoms with Crippen molar-refractivity contribution < 1.29 is 9.53 Å². The van der Waals surface area contributed by atoms with Gasteiger partial charge in [0.25, 0.3) is 0 Å². The van der Waals surface area contributed by atoms with E-state index in [1.165, 1.54) is 12.0 Å². The van der Waals surface area contributed by atoms with Crippen molar-refractivity contribution in [2.45, 2.75) is 51.6 Å². The molecule has 0 amide bonds. The van der Waals surface area contributed by atoms with E-state index in [2.05, 4.69) is 44.0 Å². The van der Waals surface area contributed by atoms with Crippen LogP contribution in [0.25, 0.3) is 32.8 Å². The van der Waals surface area contributed by atoms with Crippen LogP contribution in [-0.4, -0.2) is 26.3 Å². The fourth-order valence-corrected chi connectivity index (χ4v) is 6.68. The molecule has 2 aromatic heterocycles. The maximum absolute atomic E-state index is 13.1. The van der Waals surface area contributed by atoms with E-state index >= 15 is 0 Å². The van der Waals surface area contributed by atoms with Gasteiger partial charge in [0.15, 0.2) is 0 Å². The van der Waals surface area contributed by atoms with Gasteiger partial charge >= 0.3 is 0 Å². The van der Waals surface area contributed by atoms with E-state index in [1.54, 1.807) is 12.3 Å². The predicted molar refractivity (Wildman–Crippen MR) is 146 cm³/mol. The normalized spacial score (nSPS) is 22.4. The molecular weight excluding hydrogens is 458 g/mol. The first kappa shape index (κ1) is 22.3. The molecule has 3 atom stereocenters. The van der Waals surface area contributed by atoms with Gasteiger partial charge in [-0.05, 0) is 68.9 Å². The van der Waals surface area contributed by atoms with Gasteiger partial charge in [-0.3, -0.25) is 9.78 Å². The first-order valence-corrected chi connectivity index (χ1v) is 13.2. The second-order valence-electron chi connectivity index (χ2n) is 11.3. The van der Waals surface area contributed by atoms with Crippen molar-refractivity contribution >= 4 is 38.6 Å². The lowest BCUT2D eigenvalue weighted by Crippen LogP contribution is -2.46. The van der Waals surface area contributed by atoms with Crippen LogP contribution >= 0.6 is 0 Å². The second kappa shape index (κ2) is 8.07. The Morgan fingerprint density at radius 1 is 0.919 bits per heavy atom. The Labute approximate surface area is 215 Å². The van der Waals surface area contributed by atoms with E-state index in [0.29, 0.717) is 29.0 Å². The maximum Gasteiger partial charge on any atom is 0.211 e. The Morgan fingerprint density at radius 2 is 1.70 bits per heavy atom. The highest BCUT2D eigenvalue weighted by Gasteiger charge is 2.47. The minimum atomic E-state index is -0.249. The Balaban J connectivity index is 1.51. The lowest BCUT2D eigenvalue weighted by atomic mass is 9.64. The van der Waals surface area contributed by atoms with E-state index in [0.717, 1.165) is 51.4 Å². The van der Waals surface area contributed by atoms with Crippen LogP contribution < -0.4 is 4.74 Å². The first-order chi connectivity index (χ1) is 17.9. The highest BCUT2D eigenvalue weighted by Crippen LogP contribution is 2.56. The highest BCUT2D eigenvalue weighted by atomic mass is 16.5. The molecule has 3 heterocycles. The number of hydrogen-bond donors (Lipinski definition) is 0. The third-order valence-corrected chi connectivity index (χ3v) is 8.49. The molecule has 0 radical (unpaired) electrons. The minimum Gasteiger partial charge on any atom is -0.487 e. The Kier molecular flexibility index (Phi) is 4.87. The smallest absolute Gasteiger partial charge is 0.211 e. The van der Waals surface area contributed by atoms with Gasteiger partial charge in [0.05, 0.1) is 22.1 Å². The Morgan fingerprint density at radius 3 is 2.51 bits per heavy atom. The SMILES string of the molecule is CC1CCC2C(C1)c1c(c3ccccc3c3nc4ccc(C(=O)c5ccccn5)cc4nc13)OC2(C)C. The van der Waals surface area contributed by atoms with Crippen LogP contribution in [0.3, 0.4) is 0 Å². The topological polar surface area (TPSA) is 65.0 Å². The summed E-state index contributed by atoms with van der Waals surface area (Å²) in [7, 11) is 0. The summed E-state index contributed by atoms with van der Waals surface area (Å²) in [6, 6.07) is 19.3. The van der Waals surface area contributed by atoms with E-state index < -0.39 is 0 Å². The van der Waals surface area contributed by atoms with Gasteiger partial charge in [0.1, 0.15) is 17.0 Å². The number of aromatic nitrogens is 3. The van der Waals surface area contributed by atoms with Gasteiger partial charge in [0, 0.05) is 34.0 Å². The van der Waals surface area contributed by atoms with Crippen LogP contribution in [-0.2, 0) is 0 Å². The Hall–Kier alpha value is -3.86. The summed E-state index contributed by atoms with van der Waals surface area (Å²) in [6.07, 6.45) is 5.14. The number of carbonyl (C=O) groups is 1. The zero-order chi connectivity index (χ0) is 25.3. The summed E-state index contributed by atoms with van der Waals surface area (Å²) < 4.78 is 6.85. The van der Waals surface area contributed by atoms with E-state index in [1.807, 2.05) is 36.4 Å². The summed E-state index contributed by atoms with van der Waals surface area (Å²) in [5.74, 6) is 2.28. The fourth-order valence-electron chi connectivity index (χ4n) is 6.68. The predicted octanol–water partition coefficient (Wildman–Crippen LogP) is 7.25. The summed E-state index contributed by atoms with van der Waals surface area (Å²) in [5.41, 5.74) is 5.25. The zero-order valence-corrected chi connectivity index (χ0v) is 21.4. The molecule has 2 aliphatic rings. The number of ketones is 1. The Bertz CT molecular complexity index is 1710. The van der Waals surface area contributed by atoms with Crippen molar-refractivity contribution in [1.29, 1.82) is 0 Å². The average molecular weight is 488 g/mol. The third kappa shape index (κ3) is 3.44. The lowest BCUT2D eigenvalue weighted by Gasteiger charge is -2.49. The van der Waals surface area contributed by atoms with Gasteiger partial charge < -0.3 is 4.74 Å². The summed E-state index contributed by atoms with van der Waals surface area (Å²) in [6.45, 7) is 6.84. The number of carbonyl (C=O) groups excluding carboxylic acids is 1. The van der Waals surface area contributed by atoms with Crippen molar-refractivity contribution in [3.05, 3.63) is 83.7 Å². The summed E-state index contributed by atoms with van der Waals surface area (Å²) >= 11 is 0. The second-order valence-corrected chi connectivity index (χ2v) is 11.3. The highest BCUT2D eigenvalue weighted by molar-refractivity contribution is 6.12. The molecule has 37 heavy (non-hydrogen) atoms. The van der Waals surface area contributed by atoms with Crippen LogP contribution in [0.15, 0.2) is 66.9 Å². The largest absolute Gasteiger partial charge is 0.487 e. The van der Waals surface area contributed by atoms with Crippen molar-refractivity contribution in [2.24, 2.45) is 11.8 Å². The van der Waals surface area contributed by atoms with Crippen LogP contribution in [0.5, 0.6) is 5.75 Å². The molecule has 1 saturated carbocycles. The molecule has 3 unspecified atom stereocenters. The van der Waals surface area contributed by atoms with Crippen molar-refractivity contribution in [2.75, 3.05) is 0 Å². The maximum atomic E-state index is 13.1. The minimum absolute atomic E-state index is 0.115. The average Bonchev–Trinajstić information content (AvgIpc) is 2.91. The number of pyridine rings is 1. The van der Waals surface area contributed by atoms with Gasteiger partial charge in [-0.2, -0.15) is 0 Å². The molecular formula is C32H29N3O2. The molecule has 1 aliphatic heterocycles. The molecule has 1 aliphatic carbocycles. The monoisotopic (exact) mass is 487 g/mol. The number of hydrogen-bond acceptors (Lipinski definition) is 5. The van der Waals surface area contributed by atoms with Crippen molar-refractivity contribution in [3.63, 3.8) is 0 Å². The molecule has 3 aromatic carbocycles. The molecule has 0 saturated heterocycles. The molecule has 0 bridgehead atoms. The lowest BCUT2D eigenvalue weighted by molar-refractivity contribution is -0.0115. The van der Waals surface area contributed by atoms with Gasteiger partial charge in [-0.1, -0.05) is 43.7 Å². The van der Waals surface area contributed by atoms with Crippen molar-refractivity contribution in [1.82, 2.24) is 15.0 Å². The molecule has 0 spiro atoms. The number of nitrogens with zero attached hydrogens (tertiary/aromatic N) is 3. The number of benzene rings is 3.